The first-order valence-corrected chi connectivity index (χ1v) is 5.31. The van der Waals surface area contributed by atoms with Crippen molar-refractivity contribution in [3.8, 4) is 0 Å². The van der Waals surface area contributed by atoms with Crippen LogP contribution in [0.15, 0.2) is 21.8 Å². The van der Waals surface area contributed by atoms with Gasteiger partial charge in [0, 0.05) is 6.20 Å². The molecule has 0 amide bonds. The van der Waals surface area contributed by atoms with Gasteiger partial charge in [0.2, 0.25) is 0 Å². The van der Waals surface area contributed by atoms with Gasteiger partial charge in [-0.2, -0.15) is 8.42 Å². The predicted molar refractivity (Wildman–Crippen MR) is 46.8 cm³/mol. The minimum Gasteiger partial charge on any atom is -0.282 e. The van der Waals surface area contributed by atoms with E-state index in [1.54, 1.807) is 0 Å². The van der Waals surface area contributed by atoms with Crippen molar-refractivity contribution in [2.45, 2.75) is 4.90 Å². The maximum absolute atomic E-state index is 10.5. The molecule has 0 aliphatic carbocycles. The largest absolute Gasteiger partial charge is 0.296 e. The minimum absolute atomic E-state index is 0.130. The van der Waals surface area contributed by atoms with Crippen molar-refractivity contribution in [3.05, 3.63) is 21.9 Å². The molecular formula is C5H3BrClNO3S. The van der Waals surface area contributed by atoms with Gasteiger partial charge in [-0.1, -0.05) is 11.6 Å². The van der Waals surface area contributed by atoms with Gasteiger partial charge >= 0.3 is 0 Å². The van der Waals surface area contributed by atoms with Crippen LogP contribution in [0.1, 0.15) is 0 Å². The number of aromatic nitrogens is 1. The van der Waals surface area contributed by atoms with Crippen molar-refractivity contribution >= 4 is 37.6 Å². The van der Waals surface area contributed by atoms with E-state index in [1.807, 2.05) is 0 Å². The Kier molecular flexibility index (Phi) is 2.72. The molecule has 1 N–H and O–H groups in total. The molecule has 1 heterocycles. The zero-order valence-electron chi connectivity index (χ0n) is 5.53. The smallest absolute Gasteiger partial charge is 0.282 e. The van der Waals surface area contributed by atoms with Crippen LogP contribution in [0.5, 0.6) is 0 Å². The van der Waals surface area contributed by atoms with E-state index in [4.69, 9.17) is 16.2 Å². The lowest BCUT2D eigenvalue weighted by Gasteiger charge is -1.97. The third kappa shape index (κ3) is 2.16. The number of nitrogens with zero attached hydrogens (tertiary/aromatic N) is 1. The third-order valence-electron chi connectivity index (χ3n) is 1.07. The third-order valence-corrected chi connectivity index (χ3v) is 3.04. The van der Waals surface area contributed by atoms with Crippen LogP contribution in [0, 0.1) is 0 Å². The number of hydrogen-bond acceptors (Lipinski definition) is 3. The topological polar surface area (TPSA) is 67.3 Å². The molecule has 0 atom stereocenters. The Hall–Kier alpha value is -0.170. The quantitative estimate of drug-likeness (QED) is 0.625. The Morgan fingerprint density at radius 3 is 2.58 bits per heavy atom. The Balaban J connectivity index is 3.33. The summed E-state index contributed by atoms with van der Waals surface area (Å²) in [5, 5.41) is 0.130. The van der Waals surface area contributed by atoms with Gasteiger partial charge in [0.15, 0.2) is 0 Å². The van der Waals surface area contributed by atoms with Gasteiger partial charge < -0.3 is 0 Å². The summed E-state index contributed by atoms with van der Waals surface area (Å²) in [4.78, 5) is 3.27. The van der Waals surface area contributed by atoms with E-state index in [0.717, 1.165) is 12.3 Å². The maximum atomic E-state index is 10.5. The lowest BCUT2D eigenvalue weighted by Crippen LogP contribution is -1.98. The Labute approximate surface area is 82.5 Å². The molecule has 1 aromatic rings. The van der Waals surface area contributed by atoms with E-state index >= 15 is 0 Å². The van der Waals surface area contributed by atoms with Crippen LogP contribution in [-0.2, 0) is 10.1 Å². The molecule has 0 radical (unpaired) electrons. The summed E-state index contributed by atoms with van der Waals surface area (Å²) >= 11 is 8.51. The van der Waals surface area contributed by atoms with E-state index in [-0.39, 0.29) is 9.92 Å². The molecule has 4 nitrogen and oxygen atoms in total. The van der Waals surface area contributed by atoms with Crippen molar-refractivity contribution in [2.75, 3.05) is 0 Å². The molecule has 0 spiro atoms. The van der Waals surface area contributed by atoms with Crippen molar-refractivity contribution in [1.82, 2.24) is 4.98 Å². The summed E-state index contributed by atoms with van der Waals surface area (Å²) in [5.74, 6) is 0. The van der Waals surface area contributed by atoms with Crippen LogP contribution in [0.4, 0.5) is 0 Å². The van der Waals surface area contributed by atoms with Gasteiger partial charge in [-0.3, -0.25) is 4.55 Å². The first-order valence-electron chi connectivity index (χ1n) is 2.70. The highest BCUT2D eigenvalue weighted by Crippen LogP contribution is 2.22. The molecule has 66 valence electrons. The van der Waals surface area contributed by atoms with Gasteiger partial charge in [-0.15, -0.1) is 0 Å². The van der Waals surface area contributed by atoms with Crippen LogP contribution in [0.3, 0.4) is 0 Å². The van der Waals surface area contributed by atoms with Gasteiger partial charge in [-0.05, 0) is 22.0 Å². The van der Waals surface area contributed by atoms with Crippen LogP contribution in [0.25, 0.3) is 0 Å². The van der Waals surface area contributed by atoms with Crippen molar-refractivity contribution in [2.24, 2.45) is 0 Å². The highest BCUT2D eigenvalue weighted by molar-refractivity contribution is 9.10. The van der Waals surface area contributed by atoms with E-state index in [0.29, 0.717) is 4.60 Å². The normalized spacial score (nSPS) is 11.6. The molecule has 0 aliphatic heterocycles. The van der Waals surface area contributed by atoms with Crippen LogP contribution in [0.2, 0.25) is 5.02 Å². The van der Waals surface area contributed by atoms with Crippen molar-refractivity contribution < 1.29 is 13.0 Å². The van der Waals surface area contributed by atoms with E-state index in [1.165, 1.54) is 0 Å². The number of hydrogen-bond donors (Lipinski definition) is 1. The first kappa shape index (κ1) is 9.91. The molecule has 1 aromatic heterocycles. The molecule has 0 saturated heterocycles. The first-order chi connectivity index (χ1) is 5.41. The van der Waals surface area contributed by atoms with Crippen LogP contribution < -0.4 is 0 Å². The number of pyridine rings is 1. The van der Waals surface area contributed by atoms with E-state index in [2.05, 4.69) is 20.9 Å². The summed E-state index contributed by atoms with van der Waals surface area (Å²) in [6.45, 7) is 0. The van der Waals surface area contributed by atoms with Gasteiger partial charge in [0.1, 0.15) is 9.50 Å². The second-order valence-corrected chi connectivity index (χ2v) is 4.50. The van der Waals surface area contributed by atoms with Gasteiger partial charge in [-0.25, -0.2) is 4.98 Å². The molecule has 12 heavy (non-hydrogen) atoms. The summed E-state index contributed by atoms with van der Waals surface area (Å²) in [7, 11) is -4.21. The molecule has 7 heteroatoms. The van der Waals surface area contributed by atoms with E-state index in [9.17, 15) is 8.42 Å². The van der Waals surface area contributed by atoms with Crippen LogP contribution >= 0.6 is 27.5 Å². The summed E-state index contributed by atoms with van der Waals surface area (Å²) in [6, 6.07) is 1.11. The Morgan fingerprint density at radius 1 is 1.58 bits per heavy atom. The second kappa shape index (κ2) is 3.29. The highest BCUT2D eigenvalue weighted by atomic mass is 79.9. The lowest BCUT2D eigenvalue weighted by molar-refractivity contribution is 0.482. The average molecular weight is 273 g/mol. The van der Waals surface area contributed by atoms with Crippen molar-refractivity contribution in [3.63, 3.8) is 0 Å². The molecule has 0 aliphatic rings. The fourth-order valence-electron chi connectivity index (χ4n) is 0.545. The van der Waals surface area contributed by atoms with Crippen LogP contribution in [-0.4, -0.2) is 18.0 Å². The highest BCUT2D eigenvalue weighted by Gasteiger charge is 2.11. The second-order valence-electron chi connectivity index (χ2n) is 1.92. The lowest BCUT2D eigenvalue weighted by atomic mass is 10.5. The molecule has 0 bridgehead atoms. The van der Waals surface area contributed by atoms with Gasteiger partial charge in [0.05, 0.1) is 5.02 Å². The summed E-state index contributed by atoms with van der Waals surface area (Å²) < 4.78 is 30.0. The monoisotopic (exact) mass is 271 g/mol. The molecule has 0 unspecified atom stereocenters. The molecule has 0 fully saturated rings. The number of rotatable bonds is 1. The maximum Gasteiger partial charge on any atom is 0.296 e. The van der Waals surface area contributed by atoms with Gasteiger partial charge in [0.25, 0.3) is 10.1 Å². The average Bonchev–Trinajstić information content (AvgIpc) is 1.92. The molecule has 0 saturated carbocycles. The minimum atomic E-state index is -4.21. The summed E-state index contributed by atoms with van der Waals surface area (Å²) in [5.41, 5.74) is 0. The predicted octanol–water partition coefficient (Wildman–Crippen LogP) is 1.74. The fraction of sp³-hybridized carbons (Fsp3) is 0. The standard InChI is InChI=1S/C5H3BrClNO3S/c6-5-4(7)1-3(2-8-5)12(9,10)11/h1-2H,(H,9,10,11). The zero-order valence-corrected chi connectivity index (χ0v) is 8.69. The van der Waals surface area contributed by atoms with Crippen molar-refractivity contribution in [1.29, 1.82) is 0 Å². The van der Waals surface area contributed by atoms with E-state index < -0.39 is 10.1 Å². The number of halogens is 2. The molecule has 0 aromatic carbocycles. The Bertz CT molecular complexity index is 405. The Morgan fingerprint density at radius 2 is 2.17 bits per heavy atom. The fourth-order valence-corrected chi connectivity index (χ4v) is 1.45. The molecule has 1 rings (SSSR count). The zero-order chi connectivity index (χ0) is 9.35. The summed E-state index contributed by atoms with van der Waals surface area (Å²) in [6.07, 6.45) is 1.01. The SMILES string of the molecule is O=S(=O)(O)c1cnc(Br)c(Cl)c1. The molecular weight excluding hydrogens is 269 g/mol.